The average molecular weight is 322 g/mol. The molecule has 0 bridgehead atoms. The van der Waals surface area contributed by atoms with Crippen molar-refractivity contribution in [3.63, 3.8) is 0 Å². The quantitative estimate of drug-likeness (QED) is 0.700. The van der Waals surface area contributed by atoms with Crippen LogP contribution in [0.1, 0.15) is 18.1 Å². The third-order valence-electron chi connectivity index (χ3n) is 3.69. The number of aromatic nitrogens is 2. The molecule has 0 atom stereocenters. The van der Waals surface area contributed by atoms with Gasteiger partial charge in [0.05, 0.1) is 0 Å². The lowest BCUT2D eigenvalue weighted by molar-refractivity contribution is 0.627. The SMILES string of the molecule is CCc1ccc(Nc2cc(NCc3ccc(F)cc3)ncn2)cc1. The van der Waals surface area contributed by atoms with Crippen molar-refractivity contribution in [1.82, 2.24) is 9.97 Å². The molecule has 0 saturated heterocycles. The molecule has 0 amide bonds. The van der Waals surface area contributed by atoms with E-state index >= 15 is 0 Å². The van der Waals surface area contributed by atoms with Gasteiger partial charge in [0.2, 0.25) is 0 Å². The van der Waals surface area contributed by atoms with Crippen molar-refractivity contribution in [3.8, 4) is 0 Å². The van der Waals surface area contributed by atoms with Crippen LogP contribution in [-0.2, 0) is 13.0 Å². The number of benzene rings is 2. The Balaban J connectivity index is 1.63. The van der Waals surface area contributed by atoms with E-state index in [1.807, 2.05) is 18.2 Å². The minimum Gasteiger partial charge on any atom is -0.366 e. The summed E-state index contributed by atoms with van der Waals surface area (Å²) in [5.74, 6) is 1.19. The molecule has 4 nitrogen and oxygen atoms in total. The van der Waals surface area contributed by atoms with E-state index in [2.05, 4.69) is 39.7 Å². The van der Waals surface area contributed by atoms with Crippen LogP contribution < -0.4 is 10.6 Å². The largest absolute Gasteiger partial charge is 0.366 e. The average Bonchev–Trinajstić information content (AvgIpc) is 2.62. The summed E-state index contributed by atoms with van der Waals surface area (Å²) in [5.41, 5.74) is 3.26. The summed E-state index contributed by atoms with van der Waals surface area (Å²) < 4.78 is 12.9. The molecule has 0 radical (unpaired) electrons. The Morgan fingerprint density at radius 2 is 1.54 bits per heavy atom. The highest BCUT2D eigenvalue weighted by molar-refractivity contribution is 5.59. The fourth-order valence-corrected chi connectivity index (χ4v) is 2.29. The second-order valence-corrected chi connectivity index (χ2v) is 5.44. The summed E-state index contributed by atoms with van der Waals surface area (Å²) in [6, 6.07) is 16.5. The van der Waals surface area contributed by atoms with Gasteiger partial charge in [-0.3, -0.25) is 0 Å². The zero-order chi connectivity index (χ0) is 16.8. The molecule has 1 aromatic heterocycles. The lowest BCUT2D eigenvalue weighted by Crippen LogP contribution is -2.03. The molecule has 0 fully saturated rings. The lowest BCUT2D eigenvalue weighted by Gasteiger charge is -2.09. The lowest BCUT2D eigenvalue weighted by atomic mass is 10.1. The van der Waals surface area contributed by atoms with E-state index in [-0.39, 0.29) is 5.82 Å². The maximum absolute atomic E-state index is 12.9. The van der Waals surface area contributed by atoms with Gasteiger partial charge in [-0.05, 0) is 41.8 Å². The monoisotopic (exact) mass is 322 g/mol. The van der Waals surface area contributed by atoms with Crippen LogP contribution in [0.3, 0.4) is 0 Å². The van der Waals surface area contributed by atoms with Gasteiger partial charge in [0.25, 0.3) is 0 Å². The molecule has 5 heteroatoms. The maximum Gasteiger partial charge on any atom is 0.135 e. The fraction of sp³-hybridized carbons (Fsp3) is 0.158. The van der Waals surface area contributed by atoms with Crippen molar-refractivity contribution in [1.29, 1.82) is 0 Å². The first-order valence-electron chi connectivity index (χ1n) is 7.89. The minimum absolute atomic E-state index is 0.235. The van der Waals surface area contributed by atoms with Crippen molar-refractivity contribution < 1.29 is 4.39 Å². The van der Waals surface area contributed by atoms with Crippen LogP contribution in [0.5, 0.6) is 0 Å². The predicted molar refractivity (Wildman–Crippen MR) is 94.9 cm³/mol. The standard InChI is InChI=1S/C19H19FN4/c1-2-14-5-9-17(10-6-14)24-19-11-18(22-13-23-19)21-12-15-3-7-16(20)8-4-15/h3-11,13H,2,12H2,1H3,(H2,21,22,23,24). The Kier molecular flexibility index (Phi) is 5.01. The first kappa shape index (κ1) is 15.9. The van der Waals surface area contributed by atoms with Gasteiger partial charge in [-0.1, -0.05) is 31.2 Å². The summed E-state index contributed by atoms with van der Waals surface area (Å²) >= 11 is 0. The Labute approximate surface area is 140 Å². The highest BCUT2D eigenvalue weighted by Gasteiger charge is 2.01. The Bertz CT molecular complexity index is 785. The summed E-state index contributed by atoms with van der Waals surface area (Å²) in [5, 5.41) is 6.47. The molecular formula is C19H19FN4. The fourth-order valence-electron chi connectivity index (χ4n) is 2.29. The molecule has 122 valence electrons. The Morgan fingerprint density at radius 1 is 0.875 bits per heavy atom. The molecule has 0 spiro atoms. The molecule has 0 saturated carbocycles. The molecule has 3 rings (SSSR count). The summed E-state index contributed by atoms with van der Waals surface area (Å²) in [7, 11) is 0. The van der Waals surface area contributed by atoms with Crippen LogP contribution >= 0.6 is 0 Å². The second-order valence-electron chi connectivity index (χ2n) is 5.44. The van der Waals surface area contributed by atoms with Crippen LogP contribution in [0.4, 0.5) is 21.7 Å². The van der Waals surface area contributed by atoms with Gasteiger partial charge in [-0.15, -0.1) is 0 Å². The first-order valence-corrected chi connectivity index (χ1v) is 7.89. The van der Waals surface area contributed by atoms with Crippen molar-refractivity contribution in [2.24, 2.45) is 0 Å². The molecule has 2 N–H and O–H groups in total. The van der Waals surface area contributed by atoms with Gasteiger partial charge in [0.15, 0.2) is 0 Å². The van der Waals surface area contributed by atoms with E-state index in [1.165, 1.54) is 24.0 Å². The zero-order valence-electron chi connectivity index (χ0n) is 13.5. The van der Waals surface area contributed by atoms with Crippen LogP contribution in [0.2, 0.25) is 0 Å². The number of anilines is 3. The summed E-state index contributed by atoms with van der Waals surface area (Å²) in [4.78, 5) is 8.44. The van der Waals surface area contributed by atoms with E-state index < -0.39 is 0 Å². The van der Waals surface area contributed by atoms with Gasteiger partial charge in [-0.2, -0.15) is 0 Å². The number of nitrogens with one attached hydrogen (secondary N) is 2. The topological polar surface area (TPSA) is 49.8 Å². The molecule has 24 heavy (non-hydrogen) atoms. The summed E-state index contributed by atoms with van der Waals surface area (Å²) in [6.45, 7) is 2.70. The van der Waals surface area contributed by atoms with Gasteiger partial charge < -0.3 is 10.6 Å². The molecule has 3 aromatic rings. The molecular weight excluding hydrogens is 303 g/mol. The molecule has 0 aliphatic heterocycles. The van der Waals surface area contributed by atoms with Gasteiger partial charge in [0.1, 0.15) is 23.8 Å². The Morgan fingerprint density at radius 3 is 2.25 bits per heavy atom. The Hall–Kier alpha value is -2.95. The molecule has 2 aromatic carbocycles. The van der Waals surface area contributed by atoms with Crippen LogP contribution in [0.15, 0.2) is 60.9 Å². The van der Waals surface area contributed by atoms with E-state index in [9.17, 15) is 4.39 Å². The van der Waals surface area contributed by atoms with E-state index in [0.29, 0.717) is 12.4 Å². The third-order valence-corrected chi connectivity index (χ3v) is 3.69. The molecule has 1 heterocycles. The predicted octanol–water partition coefficient (Wildman–Crippen LogP) is 4.53. The second kappa shape index (κ2) is 7.55. The van der Waals surface area contributed by atoms with Gasteiger partial charge >= 0.3 is 0 Å². The van der Waals surface area contributed by atoms with Gasteiger partial charge in [0, 0.05) is 18.3 Å². The van der Waals surface area contributed by atoms with E-state index in [0.717, 1.165) is 23.5 Å². The van der Waals surface area contributed by atoms with Crippen LogP contribution in [0, 0.1) is 5.82 Å². The number of aryl methyl sites for hydroxylation is 1. The smallest absolute Gasteiger partial charge is 0.135 e. The van der Waals surface area contributed by atoms with Crippen molar-refractivity contribution in [3.05, 3.63) is 77.9 Å². The molecule has 0 aliphatic carbocycles. The number of rotatable bonds is 6. The van der Waals surface area contributed by atoms with Crippen LogP contribution in [0.25, 0.3) is 0 Å². The number of hydrogen-bond acceptors (Lipinski definition) is 4. The summed E-state index contributed by atoms with van der Waals surface area (Å²) in [6.07, 6.45) is 2.53. The van der Waals surface area contributed by atoms with Gasteiger partial charge in [-0.25, -0.2) is 14.4 Å². The highest BCUT2D eigenvalue weighted by atomic mass is 19.1. The van der Waals surface area contributed by atoms with Crippen molar-refractivity contribution >= 4 is 17.3 Å². The minimum atomic E-state index is -0.235. The third kappa shape index (κ3) is 4.29. The number of hydrogen-bond donors (Lipinski definition) is 2. The zero-order valence-corrected chi connectivity index (χ0v) is 13.5. The first-order chi connectivity index (χ1) is 11.7. The van der Waals surface area contributed by atoms with E-state index in [4.69, 9.17) is 0 Å². The molecule has 0 unspecified atom stereocenters. The van der Waals surface area contributed by atoms with Crippen molar-refractivity contribution in [2.75, 3.05) is 10.6 Å². The van der Waals surface area contributed by atoms with Crippen LogP contribution in [-0.4, -0.2) is 9.97 Å². The maximum atomic E-state index is 12.9. The number of halogens is 1. The highest BCUT2D eigenvalue weighted by Crippen LogP contribution is 2.17. The molecule has 0 aliphatic rings. The normalized spacial score (nSPS) is 10.4. The van der Waals surface area contributed by atoms with Crippen molar-refractivity contribution in [2.45, 2.75) is 19.9 Å². The van der Waals surface area contributed by atoms with E-state index in [1.54, 1.807) is 12.1 Å². The number of nitrogens with zero attached hydrogens (tertiary/aromatic N) is 2.